The van der Waals surface area contributed by atoms with Crippen molar-refractivity contribution in [3.63, 3.8) is 0 Å². The van der Waals surface area contributed by atoms with Crippen LogP contribution in [0.3, 0.4) is 0 Å². The van der Waals surface area contributed by atoms with Crippen molar-refractivity contribution in [1.82, 2.24) is 10.2 Å². The summed E-state index contributed by atoms with van der Waals surface area (Å²) in [5.41, 5.74) is 3.81. The van der Waals surface area contributed by atoms with E-state index in [0.29, 0.717) is 0 Å². The number of rotatable bonds is 3. The first-order valence-corrected chi connectivity index (χ1v) is 9.05. The van der Waals surface area contributed by atoms with Crippen LogP contribution in [0.2, 0.25) is 0 Å². The maximum absolute atomic E-state index is 13.0. The Labute approximate surface area is 153 Å². The van der Waals surface area contributed by atoms with E-state index in [1.165, 1.54) is 17.7 Å². The molecule has 1 aliphatic rings. The number of aryl methyl sites for hydroxylation is 2. The molecule has 140 valence electrons. The lowest BCUT2D eigenvalue weighted by molar-refractivity contribution is -0.137. The quantitative estimate of drug-likeness (QED) is 0.851. The fourth-order valence-electron chi connectivity index (χ4n) is 3.62. The van der Waals surface area contributed by atoms with Crippen molar-refractivity contribution < 1.29 is 13.2 Å². The largest absolute Gasteiger partial charge is 0.416 e. The van der Waals surface area contributed by atoms with Gasteiger partial charge in [0, 0.05) is 19.6 Å². The van der Waals surface area contributed by atoms with Crippen LogP contribution >= 0.6 is 0 Å². The molecule has 0 spiro atoms. The van der Waals surface area contributed by atoms with Crippen molar-refractivity contribution in [1.29, 1.82) is 0 Å². The first-order valence-electron chi connectivity index (χ1n) is 9.05. The predicted molar refractivity (Wildman–Crippen MR) is 98.3 cm³/mol. The number of nitrogens with one attached hydrogen (secondary N) is 1. The molecule has 0 amide bonds. The molecule has 2 aromatic carbocycles. The average Bonchev–Trinajstić information content (AvgIpc) is 2.87. The van der Waals surface area contributed by atoms with Gasteiger partial charge in [-0.05, 0) is 55.6 Å². The molecule has 0 aromatic heterocycles. The summed E-state index contributed by atoms with van der Waals surface area (Å²) in [7, 11) is 0. The summed E-state index contributed by atoms with van der Waals surface area (Å²) in [5.74, 6) is 0. The van der Waals surface area contributed by atoms with Crippen LogP contribution in [0.15, 0.2) is 42.5 Å². The lowest BCUT2D eigenvalue weighted by Crippen LogP contribution is -2.33. The minimum atomic E-state index is -4.31. The Bertz CT molecular complexity index is 730. The van der Waals surface area contributed by atoms with Gasteiger partial charge in [0.1, 0.15) is 0 Å². The van der Waals surface area contributed by atoms with Crippen LogP contribution < -0.4 is 5.32 Å². The molecule has 26 heavy (non-hydrogen) atoms. The summed E-state index contributed by atoms with van der Waals surface area (Å²) in [6.45, 7) is 7.79. The molecule has 0 bridgehead atoms. The Morgan fingerprint density at radius 3 is 2.38 bits per heavy atom. The summed E-state index contributed by atoms with van der Waals surface area (Å²) < 4.78 is 38.9. The number of benzene rings is 2. The highest BCUT2D eigenvalue weighted by Crippen LogP contribution is 2.35. The zero-order valence-electron chi connectivity index (χ0n) is 15.2. The highest BCUT2D eigenvalue weighted by molar-refractivity contribution is 5.40. The van der Waals surface area contributed by atoms with Gasteiger partial charge >= 0.3 is 6.18 Å². The number of nitrogens with zero attached hydrogens (tertiary/aromatic N) is 1. The molecule has 5 heteroatoms. The predicted octanol–water partition coefficient (Wildman–Crippen LogP) is 4.71. The Balaban J connectivity index is 2.03. The summed E-state index contributed by atoms with van der Waals surface area (Å²) >= 11 is 0. The van der Waals surface area contributed by atoms with E-state index in [-0.39, 0.29) is 6.04 Å². The maximum Gasteiger partial charge on any atom is 0.416 e. The van der Waals surface area contributed by atoms with Crippen molar-refractivity contribution in [3.05, 3.63) is 70.3 Å². The molecule has 1 aliphatic heterocycles. The van der Waals surface area contributed by atoms with Gasteiger partial charge in [0.25, 0.3) is 0 Å². The highest BCUT2D eigenvalue weighted by Gasteiger charge is 2.31. The third kappa shape index (κ3) is 4.27. The molecule has 1 heterocycles. The molecule has 1 saturated heterocycles. The van der Waals surface area contributed by atoms with Crippen LogP contribution in [-0.2, 0) is 6.18 Å². The van der Waals surface area contributed by atoms with E-state index in [1.807, 2.05) is 0 Å². The van der Waals surface area contributed by atoms with Crippen LogP contribution in [0, 0.1) is 13.8 Å². The second-order valence-electron chi connectivity index (χ2n) is 7.02. The molecule has 0 aliphatic carbocycles. The molecule has 0 radical (unpaired) electrons. The standard InChI is InChI=1S/C21H25F3N2/c1-15-4-5-16(2)19(14-15)20(26-12-3-10-25-11-13-26)17-6-8-18(9-7-17)21(22,23)24/h4-9,14,20,25H,3,10-13H2,1-2H3. The monoisotopic (exact) mass is 362 g/mol. The van der Waals surface area contributed by atoms with Gasteiger partial charge in [-0.2, -0.15) is 13.2 Å². The van der Waals surface area contributed by atoms with E-state index >= 15 is 0 Å². The van der Waals surface area contributed by atoms with Crippen LogP contribution in [0.25, 0.3) is 0 Å². The lowest BCUT2D eigenvalue weighted by Gasteiger charge is -2.32. The normalized spacial score (nSPS) is 17.7. The maximum atomic E-state index is 13.0. The molecular formula is C21H25F3N2. The third-order valence-electron chi connectivity index (χ3n) is 5.02. The second-order valence-corrected chi connectivity index (χ2v) is 7.02. The van der Waals surface area contributed by atoms with Crippen LogP contribution in [0.5, 0.6) is 0 Å². The fraction of sp³-hybridized carbons (Fsp3) is 0.429. The smallest absolute Gasteiger partial charge is 0.315 e. The zero-order valence-corrected chi connectivity index (χ0v) is 15.2. The number of alkyl halides is 3. The summed E-state index contributed by atoms with van der Waals surface area (Å²) in [6, 6.07) is 12.0. The van der Waals surface area contributed by atoms with E-state index in [1.54, 1.807) is 12.1 Å². The van der Waals surface area contributed by atoms with Crippen molar-refractivity contribution in [2.75, 3.05) is 26.2 Å². The Morgan fingerprint density at radius 1 is 0.962 bits per heavy atom. The highest BCUT2D eigenvalue weighted by atomic mass is 19.4. The third-order valence-corrected chi connectivity index (χ3v) is 5.02. The number of halogens is 3. The van der Waals surface area contributed by atoms with E-state index in [4.69, 9.17) is 0 Å². The van der Waals surface area contributed by atoms with Gasteiger partial charge in [-0.15, -0.1) is 0 Å². The number of hydrogen-bond donors (Lipinski definition) is 1. The van der Waals surface area contributed by atoms with Gasteiger partial charge in [0.05, 0.1) is 11.6 Å². The second kappa shape index (κ2) is 7.80. The first-order chi connectivity index (χ1) is 12.4. The van der Waals surface area contributed by atoms with E-state index < -0.39 is 11.7 Å². The summed E-state index contributed by atoms with van der Waals surface area (Å²) in [4.78, 5) is 2.38. The Hall–Kier alpha value is -1.85. The summed E-state index contributed by atoms with van der Waals surface area (Å²) in [5, 5.41) is 3.40. The molecule has 3 rings (SSSR count). The van der Waals surface area contributed by atoms with E-state index in [9.17, 15) is 13.2 Å². The summed E-state index contributed by atoms with van der Waals surface area (Å²) in [6.07, 6.45) is -3.28. The van der Waals surface area contributed by atoms with Crippen molar-refractivity contribution in [2.45, 2.75) is 32.5 Å². The minimum absolute atomic E-state index is 0.0305. The molecule has 2 nitrogen and oxygen atoms in total. The SMILES string of the molecule is Cc1ccc(C)c(C(c2ccc(C(F)(F)F)cc2)N2CCCNCC2)c1. The molecule has 1 N–H and O–H groups in total. The van der Waals surface area contributed by atoms with Gasteiger partial charge in [0.15, 0.2) is 0 Å². The fourth-order valence-corrected chi connectivity index (χ4v) is 3.62. The van der Waals surface area contributed by atoms with Crippen molar-refractivity contribution in [3.8, 4) is 0 Å². The first kappa shape index (κ1) is 18.9. The van der Waals surface area contributed by atoms with E-state index in [2.05, 4.69) is 42.3 Å². The molecular weight excluding hydrogens is 337 g/mol. The average molecular weight is 362 g/mol. The Morgan fingerprint density at radius 2 is 1.69 bits per heavy atom. The van der Waals surface area contributed by atoms with Gasteiger partial charge in [-0.25, -0.2) is 0 Å². The lowest BCUT2D eigenvalue weighted by atomic mass is 9.91. The van der Waals surface area contributed by atoms with Crippen LogP contribution in [0.4, 0.5) is 13.2 Å². The van der Waals surface area contributed by atoms with Crippen LogP contribution in [-0.4, -0.2) is 31.1 Å². The van der Waals surface area contributed by atoms with E-state index in [0.717, 1.165) is 49.3 Å². The Kier molecular flexibility index (Phi) is 5.68. The van der Waals surface area contributed by atoms with Gasteiger partial charge in [-0.3, -0.25) is 4.90 Å². The molecule has 1 atom stereocenters. The molecule has 1 unspecified atom stereocenters. The van der Waals surface area contributed by atoms with Gasteiger partial charge in [-0.1, -0.05) is 35.9 Å². The van der Waals surface area contributed by atoms with Gasteiger partial charge in [0.2, 0.25) is 0 Å². The van der Waals surface area contributed by atoms with Crippen molar-refractivity contribution in [2.24, 2.45) is 0 Å². The molecule has 2 aromatic rings. The van der Waals surface area contributed by atoms with Crippen molar-refractivity contribution >= 4 is 0 Å². The number of hydrogen-bond acceptors (Lipinski definition) is 2. The van der Waals surface area contributed by atoms with Gasteiger partial charge < -0.3 is 5.32 Å². The zero-order chi connectivity index (χ0) is 18.7. The molecule has 0 saturated carbocycles. The topological polar surface area (TPSA) is 15.3 Å². The van der Waals surface area contributed by atoms with Crippen LogP contribution in [0.1, 0.15) is 40.3 Å². The minimum Gasteiger partial charge on any atom is -0.315 e. The molecule has 1 fully saturated rings.